The highest BCUT2D eigenvalue weighted by Gasteiger charge is 2.10. The minimum absolute atomic E-state index is 0.158. The fourth-order valence-corrected chi connectivity index (χ4v) is 1.74. The minimum atomic E-state index is 0.158. The monoisotopic (exact) mass is 308 g/mol. The molecule has 0 aliphatic rings. The SMILES string of the molecule is CCCNc1nc(OC)nc(Oc2cc(Cl)ccc2C)n1. The lowest BCUT2D eigenvalue weighted by atomic mass is 10.2. The van der Waals surface area contributed by atoms with Gasteiger partial charge in [-0.15, -0.1) is 4.98 Å². The van der Waals surface area contributed by atoms with Crippen LogP contribution in [0.15, 0.2) is 18.2 Å². The van der Waals surface area contributed by atoms with E-state index in [0.29, 0.717) is 16.7 Å². The number of ether oxygens (including phenoxy) is 2. The molecule has 2 rings (SSSR count). The number of nitrogens with one attached hydrogen (secondary N) is 1. The van der Waals surface area contributed by atoms with Gasteiger partial charge in [0.05, 0.1) is 7.11 Å². The van der Waals surface area contributed by atoms with E-state index in [9.17, 15) is 0 Å². The van der Waals surface area contributed by atoms with E-state index >= 15 is 0 Å². The molecule has 2 aromatic rings. The third kappa shape index (κ3) is 4.19. The number of benzene rings is 1. The summed E-state index contributed by atoms with van der Waals surface area (Å²) in [6, 6.07) is 5.73. The number of nitrogens with zero attached hydrogens (tertiary/aromatic N) is 3. The van der Waals surface area contributed by atoms with Crippen molar-refractivity contribution in [3.05, 3.63) is 28.8 Å². The molecule has 0 bridgehead atoms. The van der Waals surface area contributed by atoms with E-state index in [4.69, 9.17) is 21.1 Å². The van der Waals surface area contributed by atoms with Crippen LogP contribution < -0.4 is 14.8 Å². The molecule has 0 fully saturated rings. The molecule has 112 valence electrons. The summed E-state index contributed by atoms with van der Waals surface area (Å²) in [6.07, 6.45) is 0.956. The first kappa shape index (κ1) is 15.3. The van der Waals surface area contributed by atoms with Crippen LogP contribution in [0.25, 0.3) is 0 Å². The fourth-order valence-electron chi connectivity index (χ4n) is 1.57. The van der Waals surface area contributed by atoms with Gasteiger partial charge in [-0.25, -0.2) is 0 Å². The maximum Gasteiger partial charge on any atom is 0.330 e. The summed E-state index contributed by atoms with van der Waals surface area (Å²) >= 11 is 5.97. The van der Waals surface area contributed by atoms with Gasteiger partial charge in [-0.2, -0.15) is 9.97 Å². The van der Waals surface area contributed by atoms with Crippen LogP contribution in [0, 0.1) is 6.92 Å². The van der Waals surface area contributed by atoms with Gasteiger partial charge in [0.25, 0.3) is 0 Å². The molecule has 1 heterocycles. The minimum Gasteiger partial charge on any atom is -0.467 e. The predicted octanol–water partition coefficient (Wildman–Crippen LogP) is 3.46. The Labute approximate surface area is 128 Å². The second-order valence-corrected chi connectivity index (χ2v) is 4.80. The molecule has 0 saturated heterocycles. The first-order valence-corrected chi connectivity index (χ1v) is 6.98. The molecule has 1 aromatic heterocycles. The molecule has 0 saturated carbocycles. The summed E-state index contributed by atoms with van der Waals surface area (Å²) in [5, 5.41) is 3.66. The lowest BCUT2D eigenvalue weighted by molar-refractivity contribution is 0.359. The average Bonchev–Trinajstić information content (AvgIpc) is 2.48. The predicted molar refractivity (Wildman–Crippen MR) is 81.4 cm³/mol. The van der Waals surface area contributed by atoms with Crippen molar-refractivity contribution < 1.29 is 9.47 Å². The van der Waals surface area contributed by atoms with Gasteiger partial charge in [-0.05, 0) is 31.0 Å². The molecule has 0 aliphatic carbocycles. The largest absolute Gasteiger partial charge is 0.467 e. The summed E-state index contributed by atoms with van der Waals surface area (Å²) < 4.78 is 10.7. The normalized spacial score (nSPS) is 10.3. The molecule has 6 nitrogen and oxygen atoms in total. The molecule has 0 radical (unpaired) electrons. The lowest BCUT2D eigenvalue weighted by Crippen LogP contribution is -2.07. The van der Waals surface area contributed by atoms with Crippen LogP contribution in [0.2, 0.25) is 5.02 Å². The van der Waals surface area contributed by atoms with Crippen molar-refractivity contribution in [3.63, 3.8) is 0 Å². The summed E-state index contributed by atoms with van der Waals surface area (Å²) in [7, 11) is 1.49. The molecule has 21 heavy (non-hydrogen) atoms. The Kier molecular flexibility index (Phi) is 5.16. The first-order chi connectivity index (χ1) is 10.1. The van der Waals surface area contributed by atoms with E-state index in [1.807, 2.05) is 13.0 Å². The van der Waals surface area contributed by atoms with Gasteiger partial charge < -0.3 is 14.8 Å². The van der Waals surface area contributed by atoms with Crippen molar-refractivity contribution in [1.82, 2.24) is 15.0 Å². The number of halogens is 1. The van der Waals surface area contributed by atoms with Crippen LogP contribution in [0.5, 0.6) is 17.8 Å². The van der Waals surface area contributed by atoms with Crippen LogP contribution in [-0.2, 0) is 0 Å². The average molecular weight is 309 g/mol. The molecule has 1 N–H and O–H groups in total. The van der Waals surface area contributed by atoms with Gasteiger partial charge in [0.1, 0.15) is 5.75 Å². The molecule has 0 aliphatic heterocycles. The Hall–Kier alpha value is -2.08. The van der Waals surface area contributed by atoms with Crippen molar-refractivity contribution in [1.29, 1.82) is 0 Å². The van der Waals surface area contributed by atoms with E-state index < -0.39 is 0 Å². The van der Waals surface area contributed by atoms with E-state index in [2.05, 4.69) is 27.2 Å². The van der Waals surface area contributed by atoms with Gasteiger partial charge in [0.15, 0.2) is 0 Å². The smallest absolute Gasteiger partial charge is 0.330 e. The number of hydrogen-bond donors (Lipinski definition) is 1. The van der Waals surface area contributed by atoms with Gasteiger partial charge in [0, 0.05) is 11.6 Å². The summed E-state index contributed by atoms with van der Waals surface area (Å²) in [5.74, 6) is 1.01. The highest BCUT2D eigenvalue weighted by atomic mass is 35.5. The number of rotatable bonds is 6. The Morgan fingerprint density at radius 1 is 1.19 bits per heavy atom. The molecule has 0 atom stereocenters. The zero-order chi connectivity index (χ0) is 15.2. The number of methoxy groups -OCH3 is 1. The van der Waals surface area contributed by atoms with Crippen LogP contribution in [0.3, 0.4) is 0 Å². The third-order valence-corrected chi connectivity index (χ3v) is 2.90. The molecule has 0 unspecified atom stereocenters. The maximum absolute atomic E-state index is 5.97. The van der Waals surface area contributed by atoms with Crippen LogP contribution in [0.4, 0.5) is 5.95 Å². The Balaban J connectivity index is 2.27. The Bertz CT molecular complexity index is 622. The summed E-state index contributed by atoms with van der Waals surface area (Å²) in [5.41, 5.74) is 0.932. The van der Waals surface area contributed by atoms with Crippen molar-refractivity contribution >= 4 is 17.5 Å². The molecule has 0 amide bonds. The first-order valence-electron chi connectivity index (χ1n) is 6.60. The second kappa shape index (κ2) is 7.08. The van der Waals surface area contributed by atoms with E-state index in [1.165, 1.54) is 7.11 Å². The number of aryl methyl sites for hydroxylation is 1. The van der Waals surface area contributed by atoms with Crippen molar-refractivity contribution in [2.45, 2.75) is 20.3 Å². The molecular weight excluding hydrogens is 292 g/mol. The lowest BCUT2D eigenvalue weighted by Gasteiger charge is -2.10. The quantitative estimate of drug-likeness (QED) is 0.881. The Morgan fingerprint density at radius 2 is 1.95 bits per heavy atom. The van der Waals surface area contributed by atoms with Gasteiger partial charge in [-0.1, -0.05) is 24.6 Å². The summed E-state index contributed by atoms with van der Waals surface area (Å²) in [6.45, 7) is 4.72. The Morgan fingerprint density at radius 3 is 2.67 bits per heavy atom. The third-order valence-electron chi connectivity index (χ3n) is 2.66. The van der Waals surface area contributed by atoms with E-state index in [-0.39, 0.29) is 12.0 Å². The maximum atomic E-state index is 5.97. The number of anilines is 1. The standard InChI is InChI=1S/C14H17ClN4O2/c1-4-7-16-12-17-13(20-3)19-14(18-12)21-11-8-10(15)6-5-9(11)2/h5-6,8H,4,7H2,1-3H3,(H,16,17,18,19). The topological polar surface area (TPSA) is 69.2 Å². The molecule has 0 spiro atoms. The zero-order valence-corrected chi connectivity index (χ0v) is 12.9. The zero-order valence-electron chi connectivity index (χ0n) is 12.2. The van der Waals surface area contributed by atoms with Crippen molar-refractivity contribution in [2.24, 2.45) is 0 Å². The molecule has 1 aromatic carbocycles. The molecule has 7 heteroatoms. The van der Waals surface area contributed by atoms with Gasteiger partial charge in [0.2, 0.25) is 5.95 Å². The summed E-state index contributed by atoms with van der Waals surface area (Å²) in [4.78, 5) is 12.4. The van der Waals surface area contributed by atoms with Crippen LogP contribution in [0.1, 0.15) is 18.9 Å². The van der Waals surface area contributed by atoms with Gasteiger partial charge in [-0.3, -0.25) is 0 Å². The number of hydrogen-bond acceptors (Lipinski definition) is 6. The van der Waals surface area contributed by atoms with Crippen LogP contribution >= 0.6 is 11.6 Å². The van der Waals surface area contributed by atoms with Gasteiger partial charge >= 0.3 is 12.0 Å². The van der Waals surface area contributed by atoms with E-state index in [0.717, 1.165) is 18.5 Å². The fraction of sp³-hybridized carbons (Fsp3) is 0.357. The van der Waals surface area contributed by atoms with Crippen molar-refractivity contribution in [2.75, 3.05) is 19.0 Å². The highest BCUT2D eigenvalue weighted by Crippen LogP contribution is 2.27. The van der Waals surface area contributed by atoms with E-state index in [1.54, 1.807) is 12.1 Å². The second-order valence-electron chi connectivity index (χ2n) is 4.37. The van der Waals surface area contributed by atoms with Crippen molar-refractivity contribution in [3.8, 4) is 17.8 Å². The number of aromatic nitrogens is 3. The molecular formula is C14H17ClN4O2. The van der Waals surface area contributed by atoms with Crippen LogP contribution in [-0.4, -0.2) is 28.6 Å². The highest BCUT2D eigenvalue weighted by molar-refractivity contribution is 6.30.